The molecule has 1 aromatic rings. The molecule has 3 heteroatoms. The second-order valence-corrected chi connectivity index (χ2v) is 5.02. The fourth-order valence-electron chi connectivity index (χ4n) is 2.33. The topological polar surface area (TPSA) is 12.5 Å². The van der Waals surface area contributed by atoms with Gasteiger partial charge in [0.25, 0.3) is 0 Å². The van der Waals surface area contributed by atoms with Gasteiger partial charge in [-0.2, -0.15) is 0 Å². The molecule has 0 bridgehead atoms. The predicted molar refractivity (Wildman–Crippen MR) is 67.5 cm³/mol. The molecular formula is C13H18ClNO. The van der Waals surface area contributed by atoms with Crippen molar-refractivity contribution in [3.8, 4) is 5.75 Å². The number of methoxy groups -OCH3 is 1. The maximum Gasteiger partial charge on any atom is 0.137 e. The van der Waals surface area contributed by atoms with E-state index in [-0.39, 0.29) is 0 Å². The van der Waals surface area contributed by atoms with Crippen LogP contribution in [0.3, 0.4) is 0 Å². The minimum atomic E-state index is 0.636. The Bertz CT molecular complexity index is 390. The van der Waals surface area contributed by atoms with E-state index in [0.29, 0.717) is 6.04 Å². The maximum absolute atomic E-state index is 6.15. The van der Waals surface area contributed by atoms with Gasteiger partial charge in [-0.05, 0) is 56.6 Å². The van der Waals surface area contributed by atoms with Crippen LogP contribution in [0, 0.1) is 0 Å². The van der Waals surface area contributed by atoms with Gasteiger partial charge in [-0.25, -0.2) is 0 Å². The molecule has 0 saturated carbocycles. The molecule has 1 atom stereocenters. The van der Waals surface area contributed by atoms with E-state index in [2.05, 4.69) is 31.1 Å². The average molecular weight is 240 g/mol. The van der Waals surface area contributed by atoms with Crippen molar-refractivity contribution < 1.29 is 4.74 Å². The zero-order valence-corrected chi connectivity index (χ0v) is 10.8. The number of rotatable bonds is 2. The van der Waals surface area contributed by atoms with Gasteiger partial charge in [0.05, 0.1) is 12.1 Å². The van der Waals surface area contributed by atoms with Crippen molar-refractivity contribution in [2.24, 2.45) is 0 Å². The summed E-state index contributed by atoms with van der Waals surface area (Å²) in [7, 11) is 5.95. The minimum Gasteiger partial charge on any atom is -0.495 e. The Labute approximate surface area is 102 Å². The van der Waals surface area contributed by atoms with Crippen LogP contribution in [0.2, 0.25) is 5.02 Å². The summed E-state index contributed by atoms with van der Waals surface area (Å²) in [6.07, 6.45) is 3.42. The third kappa shape index (κ3) is 2.18. The van der Waals surface area contributed by atoms with E-state index >= 15 is 0 Å². The van der Waals surface area contributed by atoms with Crippen LogP contribution in [0.25, 0.3) is 0 Å². The summed E-state index contributed by atoms with van der Waals surface area (Å²) in [6.45, 7) is 0. The second-order valence-electron chi connectivity index (χ2n) is 4.62. The van der Waals surface area contributed by atoms with Crippen LogP contribution in [-0.4, -0.2) is 32.1 Å². The summed E-state index contributed by atoms with van der Waals surface area (Å²) >= 11 is 6.15. The maximum atomic E-state index is 6.15. The van der Waals surface area contributed by atoms with E-state index in [0.717, 1.165) is 23.6 Å². The molecule has 0 aliphatic heterocycles. The zero-order valence-electron chi connectivity index (χ0n) is 10.1. The predicted octanol–water partition coefficient (Wildman–Crippen LogP) is 2.77. The van der Waals surface area contributed by atoms with Crippen molar-refractivity contribution in [2.45, 2.75) is 25.3 Å². The summed E-state index contributed by atoms with van der Waals surface area (Å²) in [5, 5.41) is 0.723. The molecule has 0 saturated heterocycles. The molecular weight excluding hydrogens is 222 g/mol. The standard InChI is InChI=1S/C13H18ClNO/c1-15(2)11-5-4-9-8-13(16-3)12(14)7-10(9)6-11/h7-8,11H,4-6H2,1-3H3. The van der Waals surface area contributed by atoms with Crippen LogP contribution < -0.4 is 4.74 Å². The molecule has 0 fully saturated rings. The van der Waals surface area contributed by atoms with Gasteiger partial charge in [-0.1, -0.05) is 11.6 Å². The van der Waals surface area contributed by atoms with Crippen molar-refractivity contribution in [2.75, 3.05) is 21.2 Å². The largest absolute Gasteiger partial charge is 0.495 e. The lowest BCUT2D eigenvalue weighted by Crippen LogP contribution is -2.33. The lowest BCUT2D eigenvalue weighted by Gasteiger charge is -2.30. The normalized spacial score (nSPS) is 19.7. The van der Waals surface area contributed by atoms with Crippen LogP contribution >= 0.6 is 11.6 Å². The van der Waals surface area contributed by atoms with Crippen LogP contribution in [0.5, 0.6) is 5.75 Å². The molecule has 2 rings (SSSR count). The monoisotopic (exact) mass is 239 g/mol. The highest BCUT2D eigenvalue weighted by atomic mass is 35.5. The Morgan fingerprint density at radius 3 is 2.69 bits per heavy atom. The van der Waals surface area contributed by atoms with Crippen molar-refractivity contribution in [3.05, 3.63) is 28.3 Å². The van der Waals surface area contributed by atoms with E-state index in [1.807, 2.05) is 0 Å². The van der Waals surface area contributed by atoms with Gasteiger partial charge < -0.3 is 9.64 Å². The van der Waals surface area contributed by atoms with E-state index in [4.69, 9.17) is 16.3 Å². The Balaban J connectivity index is 2.29. The number of nitrogens with zero attached hydrogens (tertiary/aromatic N) is 1. The van der Waals surface area contributed by atoms with E-state index in [1.54, 1.807) is 7.11 Å². The Morgan fingerprint density at radius 2 is 2.06 bits per heavy atom. The number of fused-ring (bicyclic) bond motifs is 1. The van der Waals surface area contributed by atoms with Crippen molar-refractivity contribution in [1.29, 1.82) is 0 Å². The van der Waals surface area contributed by atoms with Crippen LogP contribution in [0.1, 0.15) is 17.5 Å². The Kier molecular flexibility index (Phi) is 3.41. The number of ether oxygens (including phenoxy) is 1. The molecule has 1 aromatic carbocycles. The molecule has 1 aliphatic carbocycles. The molecule has 88 valence electrons. The van der Waals surface area contributed by atoms with Crippen molar-refractivity contribution >= 4 is 11.6 Å². The summed E-state index contributed by atoms with van der Waals surface area (Å²) in [5.41, 5.74) is 2.76. The number of aryl methyl sites for hydroxylation is 1. The van der Waals surface area contributed by atoms with Crippen molar-refractivity contribution in [1.82, 2.24) is 4.90 Å². The summed E-state index contributed by atoms with van der Waals surface area (Å²) < 4.78 is 5.24. The van der Waals surface area contributed by atoms with Gasteiger partial charge in [0.15, 0.2) is 0 Å². The Hall–Kier alpha value is -0.730. The number of benzene rings is 1. The fraction of sp³-hybridized carbons (Fsp3) is 0.538. The summed E-state index contributed by atoms with van der Waals surface area (Å²) in [5.74, 6) is 0.795. The molecule has 0 spiro atoms. The second kappa shape index (κ2) is 4.64. The first-order valence-corrected chi connectivity index (χ1v) is 6.01. The molecule has 0 amide bonds. The number of hydrogen-bond acceptors (Lipinski definition) is 2. The first-order chi connectivity index (χ1) is 7.61. The van der Waals surface area contributed by atoms with Gasteiger partial charge in [0.1, 0.15) is 5.75 Å². The SMILES string of the molecule is COc1cc2c(cc1Cl)CC(N(C)C)CC2. The molecule has 1 unspecified atom stereocenters. The molecule has 16 heavy (non-hydrogen) atoms. The quantitative estimate of drug-likeness (QED) is 0.787. The highest BCUT2D eigenvalue weighted by Gasteiger charge is 2.21. The van der Waals surface area contributed by atoms with E-state index in [9.17, 15) is 0 Å². The molecule has 0 aromatic heterocycles. The summed E-state index contributed by atoms with van der Waals surface area (Å²) in [4.78, 5) is 2.29. The number of hydrogen-bond donors (Lipinski definition) is 0. The van der Waals surface area contributed by atoms with Gasteiger partial charge in [-0.3, -0.25) is 0 Å². The third-order valence-electron chi connectivity index (χ3n) is 3.41. The van der Waals surface area contributed by atoms with Gasteiger partial charge in [0.2, 0.25) is 0 Å². The zero-order chi connectivity index (χ0) is 11.7. The number of halogens is 1. The highest BCUT2D eigenvalue weighted by molar-refractivity contribution is 6.32. The van der Waals surface area contributed by atoms with Crippen molar-refractivity contribution in [3.63, 3.8) is 0 Å². The van der Waals surface area contributed by atoms with Crippen LogP contribution in [0.15, 0.2) is 12.1 Å². The van der Waals surface area contributed by atoms with Gasteiger partial charge in [0, 0.05) is 6.04 Å². The molecule has 2 nitrogen and oxygen atoms in total. The molecule has 0 heterocycles. The van der Waals surface area contributed by atoms with E-state index < -0.39 is 0 Å². The first kappa shape index (κ1) is 11.7. The lowest BCUT2D eigenvalue weighted by molar-refractivity contribution is 0.268. The Morgan fingerprint density at radius 1 is 1.31 bits per heavy atom. The molecule has 1 aliphatic rings. The molecule has 0 radical (unpaired) electrons. The van der Waals surface area contributed by atoms with Gasteiger partial charge >= 0.3 is 0 Å². The number of likely N-dealkylation sites (N-methyl/N-ethyl adjacent to an activating group) is 1. The average Bonchev–Trinajstić information content (AvgIpc) is 2.27. The van der Waals surface area contributed by atoms with E-state index in [1.165, 1.54) is 17.5 Å². The smallest absolute Gasteiger partial charge is 0.137 e. The van der Waals surface area contributed by atoms with Gasteiger partial charge in [-0.15, -0.1) is 0 Å². The summed E-state index contributed by atoms with van der Waals surface area (Å²) in [6, 6.07) is 4.78. The molecule has 0 N–H and O–H groups in total. The third-order valence-corrected chi connectivity index (χ3v) is 3.70. The van der Waals surface area contributed by atoms with Crippen LogP contribution in [0.4, 0.5) is 0 Å². The highest BCUT2D eigenvalue weighted by Crippen LogP contribution is 2.32. The fourth-order valence-corrected chi connectivity index (χ4v) is 2.60. The lowest BCUT2D eigenvalue weighted by atomic mass is 9.87. The minimum absolute atomic E-state index is 0.636. The first-order valence-electron chi connectivity index (χ1n) is 5.63. The van der Waals surface area contributed by atoms with Crippen LogP contribution in [-0.2, 0) is 12.8 Å².